The van der Waals surface area contributed by atoms with Gasteiger partial charge in [0.2, 0.25) is 0 Å². The molecule has 0 saturated heterocycles. The Morgan fingerprint density at radius 3 is 2.00 bits per heavy atom. The van der Waals surface area contributed by atoms with E-state index in [4.69, 9.17) is 0 Å². The molecule has 2 rings (SSSR count). The topological polar surface area (TPSA) is 3.24 Å². The first kappa shape index (κ1) is 11.0. The fraction of sp³-hybridized carbons (Fsp3) is 0.143. The van der Waals surface area contributed by atoms with Crippen molar-refractivity contribution in [2.45, 2.75) is 6.92 Å². The molecule has 16 heavy (non-hydrogen) atoms. The van der Waals surface area contributed by atoms with Gasteiger partial charge < -0.3 is 4.57 Å². The van der Waals surface area contributed by atoms with E-state index in [1.165, 1.54) is 10.9 Å². The summed E-state index contributed by atoms with van der Waals surface area (Å²) < 4.78 is 2.51. The van der Waals surface area contributed by atoms with Crippen LogP contribution in [0.4, 0.5) is 5.69 Å². The van der Waals surface area contributed by atoms with E-state index in [1.807, 2.05) is 0 Å². The minimum absolute atomic E-state index is 0.362. The minimum Gasteiger partial charge on any atom is -0.399 e. The molecule has 0 atom stereocenters. The summed E-state index contributed by atoms with van der Waals surface area (Å²) in [6.45, 7) is 3.31. The summed E-state index contributed by atoms with van der Waals surface area (Å²) in [6, 6.07) is 21.5. The number of hydrogen-bond donors (Lipinski definition) is 0. The van der Waals surface area contributed by atoms with Crippen molar-refractivity contribution in [3.8, 4) is 0 Å². The SMILES string of the molecule is CCN([SiH2]c1ccccc1)c1ccccc1. The molecule has 1 nitrogen and oxygen atoms in total. The minimum atomic E-state index is -0.362. The molecule has 2 heteroatoms. The zero-order valence-electron chi connectivity index (χ0n) is 9.63. The second-order valence-corrected chi connectivity index (χ2v) is 5.73. The zero-order valence-corrected chi connectivity index (χ0v) is 11.0. The van der Waals surface area contributed by atoms with Crippen LogP contribution in [0.25, 0.3) is 0 Å². The molecule has 0 bridgehead atoms. The van der Waals surface area contributed by atoms with Gasteiger partial charge in [0, 0.05) is 12.2 Å². The van der Waals surface area contributed by atoms with Crippen molar-refractivity contribution in [1.29, 1.82) is 0 Å². The number of rotatable bonds is 4. The van der Waals surface area contributed by atoms with Crippen molar-refractivity contribution in [2.75, 3.05) is 11.1 Å². The number of benzene rings is 2. The summed E-state index contributed by atoms with van der Waals surface area (Å²) in [4.78, 5) is 0. The quantitative estimate of drug-likeness (QED) is 0.721. The normalized spacial score (nSPS) is 10.8. The fourth-order valence-electron chi connectivity index (χ4n) is 1.83. The molecule has 0 aliphatic carbocycles. The highest BCUT2D eigenvalue weighted by Gasteiger charge is 2.04. The first-order valence-electron chi connectivity index (χ1n) is 5.74. The fourth-order valence-corrected chi connectivity index (χ4v) is 3.37. The van der Waals surface area contributed by atoms with Gasteiger partial charge >= 0.3 is 0 Å². The first-order chi connectivity index (χ1) is 7.90. The maximum Gasteiger partial charge on any atom is 0.155 e. The second-order valence-electron chi connectivity index (χ2n) is 3.84. The highest BCUT2D eigenvalue weighted by atomic mass is 28.2. The Bertz CT molecular complexity index is 413. The molecular weight excluding hydrogens is 210 g/mol. The third kappa shape index (κ3) is 2.73. The predicted octanol–water partition coefficient (Wildman–Crippen LogP) is 1.92. The van der Waals surface area contributed by atoms with Crippen LogP contribution >= 0.6 is 0 Å². The van der Waals surface area contributed by atoms with Crippen molar-refractivity contribution in [3.63, 3.8) is 0 Å². The van der Waals surface area contributed by atoms with Crippen molar-refractivity contribution in [2.24, 2.45) is 0 Å². The van der Waals surface area contributed by atoms with Gasteiger partial charge in [-0.2, -0.15) is 0 Å². The van der Waals surface area contributed by atoms with E-state index >= 15 is 0 Å². The largest absolute Gasteiger partial charge is 0.399 e. The third-order valence-corrected chi connectivity index (χ3v) is 4.75. The molecule has 0 fully saturated rings. The van der Waals surface area contributed by atoms with Gasteiger partial charge in [-0.05, 0) is 24.2 Å². The Kier molecular flexibility index (Phi) is 3.78. The lowest BCUT2D eigenvalue weighted by Crippen LogP contribution is -2.35. The first-order valence-corrected chi connectivity index (χ1v) is 7.08. The average Bonchev–Trinajstić information content (AvgIpc) is 2.38. The Morgan fingerprint density at radius 2 is 1.44 bits per heavy atom. The summed E-state index contributed by atoms with van der Waals surface area (Å²) >= 11 is 0. The van der Waals surface area contributed by atoms with Gasteiger partial charge in [0.25, 0.3) is 0 Å². The van der Waals surface area contributed by atoms with Gasteiger partial charge in [0.1, 0.15) is 0 Å². The molecule has 0 amide bonds. The van der Waals surface area contributed by atoms with Gasteiger partial charge in [0.15, 0.2) is 9.68 Å². The number of hydrogen-bond acceptors (Lipinski definition) is 1. The Balaban J connectivity index is 2.13. The summed E-state index contributed by atoms with van der Waals surface area (Å²) in [6.07, 6.45) is 0. The lowest BCUT2D eigenvalue weighted by atomic mass is 10.3. The van der Waals surface area contributed by atoms with Crippen LogP contribution in [-0.2, 0) is 0 Å². The van der Waals surface area contributed by atoms with E-state index < -0.39 is 0 Å². The van der Waals surface area contributed by atoms with Gasteiger partial charge in [0.05, 0.1) is 0 Å². The molecule has 0 N–H and O–H groups in total. The molecule has 0 saturated carbocycles. The molecule has 0 aliphatic rings. The molecule has 0 unspecified atom stereocenters. The molecule has 0 aromatic heterocycles. The summed E-state index contributed by atoms with van der Waals surface area (Å²) in [5.74, 6) is 0. The highest BCUT2D eigenvalue weighted by Crippen LogP contribution is 2.10. The standard InChI is InChI=1S/C14H17NSi/c1-2-15(13-9-5-3-6-10-13)16-14-11-7-4-8-12-14/h3-12H,2,16H2,1H3. The number of nitrogens with zero attached hydrogens (tertiary/aromatic N) is 1. The van der Waals surface area contributed by atoms with E-state index in [-0.39, 0.29) is 9.68 Å². The van der Waals surface area contributed by atoms with E-state index in [9.17, 15) is 0 Å². The Morgan fingerprint density at radius 1 is 0.875 bits per heavy atom. The maximum absolute atomic E-state index is 2.51. The smallest absolute Gasteiger partial charge is 0.155 e. The van der Waals surface area contributed by atoms with Crippen LogP contribution in [0, 0.1) is 0 Å². The lowest BCUT2D eigenvalue weighted by molar-refractivity contribution is 1.09. The molecule has 0 radical (unpaired) electrons. The molecule has 0 heterocycles. The van der Waals surface area contributed by atoms with Gasteiger partial charge in [-0.15, -0.1) is 0 Å². The molecule has 2 aromatic rings. The van der Waals surface area contributed by atoms with Crippen molar-refractivity contribution >= 4 is 20.6 Å². The van der Waals surface area contributed by atoms with Crippen LogP contribution in [-0.4, -0.2) is 16.2 Å². The predicted molar refractivity (Wildman–Crippen MR) is 74.1 cm³/mol. The monoisotopic (exact) mass is 227 g/mol. The molecule has 2 aromatic carbocycles. The van der Waals surface area contributed by atoms with Gasteiger partial charge in [-0.3, -0.25) is 0 Å². The van der Waals surface area contributed by atoms with Crippen LogP contribution in [0.1, 0.15) is 6.92 Å². The number of para-hydroxylation sites is 1. The van der Waals surface area contributed by atoms with Crippen molar-refractivity contribution in [1.82, 2.24) is 0 Å². The zero-order chi connectivity index (χ0) is 11.2. The third-order valence-electron chi connectivity index (χ3n) is 2.72. The second kappa shape index (κ2) is 5.52. The lowest BCUT2D eigenvalue weighted by Gasteiger charge is -2.23. The van der Waals surface area contributed by atoms with Gasteiger partial charge in [-0.25, -0.2) is 0 Å². The van der Waals surface area contributed by atoms with Crippen molar-refractivity contribution < 1.29 is 0 Å². The highest BCUT2D eigenvalue weighted by molar-refractivity contribution is 6.57. The Hall–Kier alpha value is -1.54. The summed E-state index contributed by atoms with van der Waals surface area (Å²) in [5.41, 5.74) is 1.35. The van der Waals surface area contributed by atoms with Crippen LogP contribution in [0.2, 0.25) is 0 Å². The van der Waals surface area contributed by atoms with E-state index in [2.05, 4.69) is 72.2 Å². The summed E-state index contributed by atoms with van der Waals surface area (Å²) in [5, 5.41) is 1.49. The molecule has 82 valence electrons. The van der Waals surface area contributed by atoms with E-state index in [1.54, 1.807) is 0 Å². The summed E-state index contributed by atoms with van der Waals surface area (Å²) in [7, 11) is -0.362. The van der Waals surface area contributed by atoms with Crippen molar-refractivity contribution in [3.05, 3.63) is 60.7 Å². The van der Waals surface area contributed by atoms with Crippen LogP contribution in [0.5, 0.6) is 0 Å². The average molecular weight is 227 g/mol. The number of anilines is 1. The Labute approximate surface area is 99.6 Å². The van der Waals surface area contributed by atoms with E-state index in [0.717, 1.165) is 6.54 Å². The maximum atomic E-state index is 2.51. The van der Waals surface area contributed by atoms with Crippen LogP contribution < -0.4 is 9.75 Å². The van der Waals surface area contributed by atoms with E-state index in [0.29, 0.717) is 0 Å². The molecule has 0 spiro atoms. The van der Waals surface area contributed by atoms with Gasteiger partial charge in [-0.1, -0.05) is 48.5 Å². The van der Waals surface area contributed by atoms with Crippen LogP contribution in [0.15, 0.2) is 60.7 Å². The molecular formula is C14H17NSi. The van der Waals surface area contributed by atoms with Crippen LogP contribution in [0.3, 0.4) is 0 Å². The molecule has 0 aliphatic heterocycles.